The van der Waals surface area contributed by atoms with Crippen LogP contribution in [0.4, 0.5) is 4.39 Å². The van der Waals surface area contributed by atoms with Crippen molar-refractivity contribution in [3.8, 4) is 11.5 Å². The fourth-order valence-corrected chi connectivity index (χ4v) is 4.38. The van der Waals surface area contributed by atoms with Crippen LogP contribution in [0.25, 0.3) is 0 Å². The lowest BCUT2D eigenvalue weighted by Gasteiger charge is -2.20. The first-order valence-electron chi connectivity index (χ1n) is 10.8. The average molecular weight is 608 g/mol. The van der Waals surface area contributed by atoms with Gasteiger partial charge in [0, 0.05) is 11.0 Å². The number of rotatable bonds is 9. The number of hydrogen-bond acceptors (Lipinski definition) is 4. The maximum absolute atomic E-state index is 13.8. The van der Waals surface area contributed by atoms with Gasteiger partial charge in [0.25, 0.3) is 0 Å². The molecule has 9 heteroatoms. The van der Waals surface area contributed by atoms with Gasteiger partial charge in [-0.25, -0.2) is 4.39 Å². The third-order valence-corrected chi connectivity index (χ3v) is 6.76. The third-order valence-electron chi connectivity index (χ3n) is 5.41. The number of hydrogen-bond donors (Lipinski definition) is 2. The molecule has 3 rings (SSSR count). The Bertz CT molecular complexity index is 1190. The van der Waals surface area contributed by atoms with Gasteiger partial charge in [-0.2, -0.15) is 0 Å². The highest BCUT2D eigenvalue weighted by Crippen LogP contribution is 2.33. The van der Waals surface area contributed by atoms with Crippen molar-refractivity contribution in [3.63, 3.8) is 0 Å². The molecule has 0 spiro atoms. The lowest BCUT2D eigenvalue weighted by atomic mass is 9.98. The molecule has 0 fully saturated rings. The zero-order valence-electron chi connectivity index (χ0n) is 19.2. The second-order valence-electron chi connectivity index (χ2n) is 7.71. The van der Waals surface area contributed by atoms with Crippen molar-refractivity contribution < 1.29 is 23.5 Å². The van der Waals surface area contributed by atoms with Crippen LogP contribution in [-0.4, -0.2) is 26.0 Å². The van der Waals surface area contributed by atoms with Crippen LogP contribution in [-0.2, 0) is 22.6 Å². The Morgan fingerprint density at radius 2 is 1.60 bits per heavy atom. The molecule has 0 bridgehead atoms. The van der Waals surface area contributed by atoms with Gasteiger partial charge < -0.3 is 20.1 Å². The van der Waals surface area contributed by atoms with E-state index in [9.17, 15) is 14.0 Å². The minimum atomic E-state index is -0.780. The van der Waals surface area contributed by atoms with Gasteiger partial charge in [0.15, 0.2) is 11.5 Å². The third kappa shape index (κ3) is 7.29. The normalized spacial score (nSPS) is 11.5. The van der Waals surface area contributed by atoms with E-state index < -0.39 is 23.7 Å². The lowest BCUT2D eigenvalue weighted by Crippen LogP contribution is -2.41. The van der Waals surface area contributed by atoms with Gasteiger partial charge in [0.05, 0.1) is 24.7 Å². The molecule has 0 aromatic heterocycles. The fraction of sp³-hybridized carbons (Fsp3) is 0.231. The van der Waals surface area contributed by atoms with E-state index in [2.05, 4.69) is 42.5 Å². The minimum Gasteiger partial charge on any atom is -0.493 e. The molecule has 35 heavy (non-hydrogen) atoms. The van der Waals surface area contributed by atoms with Crippen LogP contribution in [0.15, 0.2) is 69.6 Å². The molecule has 0 radical (unpaired) electrons. The fourth-order valence-electron chi connectivity index (χ4n) is 3.52. The van der Waals surface area contributed by atoms with Gasteiger partial charge in [-0.15, -0.1) is 0 Å². The lowest BCUT2D eigenvalue weighted by molar-refractivity contribution is -0.139. The standard InChI is InChI=1S/C26H25Br2FN2O4/c1-34-23-13-18(19(27)14-24(23)35-2)15-30-25(32)26(33)31-22(11-8-16-6-4-3-5-7-16)17-9-10-21(29)20(28)12-17/h3-7,9-10,12-14,22H,8,11,15H2,1-2H3,(H,30,32)(H,31,33). The molecule has 0 saturated carbocycles. The molecule has 1 atom stereocenters. The zero-order chi connectivity index (χ0) is 25.4. The maximum atomic E-state index is 13.8. The molecule has 0 heterocycles. The van der Waals surface area contributed by atoms with Crippen molar-refractivity contribution in [1.82, 2.24) is 10.6 Å². The van der Waals surface area contributed by atoms with Crippen molar-refractivity contribution in [3.05, 3.63) is 92.1 Å². The number of ether oxygens (including phenoxy) is 2. The Kier molecular flexibility index (Phi) is 9.68. The van der Waals surface area contributed by atoms with Crippen molar-refractivity contribution in [2.45, 2.75) is 25.4 Å². The summed E-state index contributed by atoms with van der Waals surface area (Å²) in [5, 5.41) is 5.42. The number of benzene rings is 3. The van der Waals surface area contributed by atoms with E-state index in [1.54, 1.807) is 24.3 Å². The summed E-state index contributed by atoms with van der Waals surface area (Å²) in [7, 11) is 3.05. The first-order chi connectivity index (χ1) is 16.8. The molecule has 3 aromatic rings. The summed E-state index contributed by atoms with van der Waals surface area (Å²) in [6, 6.07) is 17.3. The topological polar surface area (TPSA) is 76.7 Å². The molecule has 2 N–H and O–H groups in total. The van der Waals surface area contributed by atoms with E-state index >= 15 is 0 Å². The molecule has 0 aliphatic rings. The molecular weight excluding hydrogens is 583 g/mol. The second-order valence-corrected chi connectivity index (χ2v) is 9.41. The smallest absolute Gasteiger partial charge is 0.309 e. The summed E-state index contributed by atoms with van der Waals surface area (Å²) in [5.74, 6) is -0.913. The predicted octanol–water partition coefficient (Wildman–Crippen LogP) is 5.47. The van der Waals surface area contributed by atoms with Gasteiger partial charge in [0.2, 0.25) is 0 Å². The van der Waals surface area contributed by atoms with Gasteiger partial charge in [-0.3, -0.25) is 9.59 Å². The van der Waals surface area contributed by atoms with E-state index in [-0.39, 0.29) is 11.0 Å². The summed E-state index contributed by atoms with van der Waals surface area (Å²) >= 11 is 6.64. The quantitative estimate of drug-likeness (QED) is 0.316. The molecule has 184 valence electrons. The van der Waals surface area contributed by atoms with E-state index in [1.165, 1.54) is 20.3 Å². The number of amides is 2. The number of halogens is 3. The Balaban J connectivity index is 1.70. The van der Waals surface area contributed by atoms with Crippen LogP contribution < -0.4 is 20.1 Å². The maximum Gasteiger partial charge on any atom is 0.309 e. The monoisotopic (exact) mass is 606 g/mol. The first-order valence-corrected chi connectivity index (χ1v) is 12.4. The number of carbonyl (C=O) groups is 2. The van der Waals surface area contributed by atoms with Gasteiger partial charge >= 0.3 is 11.8 Å². The van der Waals surface area contributed by atoms with Crippen LogP contribution >= 0.6 is 31.9 Å². The summed E-state index contributed by atoms with van der Waals surface area (Å²) in [6.07, 6.45) is 1.20. The molecule has 0 aliphatic carbocycles. The highest BCUT2D eigenvalue weighted by Gasteiger charge is 2.21. The number of methoxy groups -OCH3 is 2. The highest BCUT2D eigenvalue weighted by atomic mass is 79.9. The summed E-state index contributed by atoms with van der Waals surface area (Å²) < 4.78 is 25.3. The largest absolute Gasteiger partial charge is 0.493 e. The number of nitrogens with one attached hydrogen (secondary N) is 2. The van der Waals surface area contributed by atoms with Crippen LogP contribution in [0.3, 0.4) is 0 Å². The predicted molar refractivity (Wildman–Crippen MR) is 139 cm³/mol. The summed E-state index contributed by atoms with van der Waals surface area (Å²) in [4.78, 5) is 25.4. The number of aryl methyl sites for hydroxylation is 1. The molecule has 3 aromatic carbocycles. The SMILES string of the molecule is COc1cc(Br)c(CNC(=O)C(=O)NC(CCc2ccccc2)c2ccc(F)c(Br)c2)cc1OC. The minimum absolute atomic E-state index is 0.101. The summed E-state index contributed by atoms with van der Waals surface area (Å²) in [6.45, 7) is 0.101. The van der Waals surface area contributed by atoms with Crippen LogP contribution in [0.5, 0.6) is 11.5 Å². The van der Waals surface area contributed by atoms with Crippen LogP contribution in [0, 0.1) is 5.82 Å². The Hall–Kier alpha value is -2.91. The Morgan fingerprint density at radius 3 is 2.26 bits per heavy atom. The van der Waals surface area contributed by atoms with Crippen LogP contribution in [0.2, 0.25) is 0 Å². The molecule has 2 amide bonds. The van der Waals surface area contributed by atoms with Crippen molar-refractivity contribution in [2.24, 2.45) is 0 Å². The first kappa shape index (κ1) is 26.7. The van der Waals surface area contributed by atoms with Crippen LogP contribution in [0.1, 0.15) is 29.2 Å². The van der Waals surface area contributed by atoms with Crippen molar-refractivity contribution in [1.29, 1.82) is 0 Å². The highest BCUT2D eigenvalue weighted by molar-refractivity contribution is 9.10. The molecule has 0 aliphatic heterocycles. The molecule has 6 nitrogen and oxygen atoms in total. The number of carbonyl (C=O) groups excluding carboxylic acids is 2. The Labute approximate surface area is 220 Å². The van der Waals surface area contributed by atoms with E-state index in [0.717, 1.165) is 5.56 Å². The van der Waals surface area contributed by atoms with E-state index in [4.69, 9.17) is 9.47 Å². The molecule has 1 unspecified atom stereocenters. The van der Waals surface area contributed by atoms with Crippen molar-refractivity contribution in [2.75, 3.05) is 14.2 Å². The van der Waals surface area contributed by atoms with E-state index in [1.807, 2.05) is 30.3 Å². The van der Waals surface area contributed by atoms with Crippen molar-refractivity contribution >= 4 is 43.7 Å². The molecular formula is C26H25Br2FN2O4. The Morgan fingerprint density at radius 1 is 0.914 bits per heavy atom. The molecule has 0 saturated heterocycles. The average Bonchev–Trinajstić information content (AvgIpc) is 2.87. The van der Waals surface area contributed by atoms with E-state index in [0.29, 0.717) is 39.9 Å². The summed E-state index contributed by atoms with van der Waals surface area (Å²) in [5.41, 5.74) is 2.50. The van der Waals surface area contributed by atoms with Gasteiger partial charge in [0.1, 0.15) is 5.82 Å². The second kappa shape index (κ2) is 12.7. The zero-order valence-corrected chi connectivity index (χ0v) is 22.4. The van der Waals surface area contributed by atoms with Gasteiger partial charge in [-0.1, -0.05) is 52.3 Å². The van der Waals surface area contributed by atoms with Gasteiger partial charge in [-0.05, 0) is 69.7 Å².